The van der Waals surface area contributed by atoms with E-state index in [1.165, 1.54) is 13.8 Å². The van der Waals surface area contributed by atoms with Gasteiger partial charge in [0.25, 0.3) is 0 Å². The Morgan fingerprint density at radius 1 is 1.03 bits per heavy atom. The van der Waals surface area contributed by atoms with Crippen LogP contribution in [-0.4, -0.2) is 32.4 Å². The zero-order chi connectivity index (χ0) is 22.0. The van der Waals surface area contributed by atoms with E-state index in [2.05, 4.69) is 0 Å². The number of rotatable bonds is 7. The summed E-state index contributed by atoms with van der Waals surface area (Å²) in [6.45, 7) is 2.99. The fourth-order valence-electron chi connectivity index (χ4n) is 3.48. The maximum atomic E-state index is 11.6. The van der Waals surface area contributed by atoms with Gasteiger partial charge in [0.1, 0.15) is 11.9 Å². The Bertz CT molecular complexity index is 1130. The molecule has 8 heteroatoms. The van der Waals surface area contributed by atoms with Gasteiger partial charge in [-0.1, -0.05) is 0 Å². The highest BCUT2D eigenvalue weighted by Gasteiger charge is 2.21. The van der Waals surface area contributed by atoms with E-state index in [-0.39, 0.29) is 13.4 Å². The summed E-state index contributed by atoms with van der Waals surface area (Å²) in [6.07, 6.45) is -0.278. The number of fused-ring (bicyclic) bond motifs is 2. The second-order valence-electron chi connectivity index (χ2n) is 7.05. The van der Waals surface area contributed by atoms with Crippen LogP contribution in [0.1, 0.15) is 31.9 Å². The first-order valence-corrected chi connectivity index (χ1v) is 9.76. The fraction of sp³-hybridized carbons (Fsp3) is 0.304. The smallest absolute Gasteiger partial charge is 0.303 e. The van der Waals surface area contributed by atoms with Crippen LogP contribution in [0.2, 0.25) is 0 Å². The van der Waals surface area contributed by atoms with E-state index >= 15 is 0 Å². The molecule has 4 rings (SSSR count). The van der Waals surface area contributed by atoms with Gasteiger partial charge in [-0.15, -0.1) is 0 Å². The molecule has 8 nitrogen and oxygen atoms in total. The fourth-order valence-corrected chi connectivity index (χ4v) is 3.48. The van der Waals surface area contributed by atoms with Crippen LogP contribution in [0.4, 0.5) is 0 Å². The van der Waals surface area contributed by atoms with Crippen molar-refractivity contribution < 1.29 is 37.7 Å². The van der Waals surface area contributed by atoms with E-state index in [0.29, 0.717) is 40.6 Å². The molecule has 0 saturated carbocycles. The molecular formula is C23H22O8. The maximum absolute atomic E-state index is 11.6. The first kappa shape index (κ1) is 20.6. The van der Waals surface area contributed by atoms with Crippen molar-refractivity contribution >= 4 is 22.9 Å². The van der Waals surface area contributed by atoms with Crippen molar-refractivity contribution in [1.29, 1.82) is 0 Å². The topological polar surface area (TPSA) is 93.4 Å². The lowest BCUT2D eigenvalue weighted by atomic mass is 10.0. The SMILES string of the molecule is COc1cc([C@H](CCOC(C)=O)OC(C)=O)cc2cc(-c3ccc4c(c3)OCO4)oc12. The van der Waals surface area contributed by atoms with Crippen molar-refractivity contribution in [3.05, 3.63) is 42.0 Å². The standard InChI is InChI=1S/C23H22O8/c1-13(24)27-7-6-18(30-14(2)25)16-8-17-11-20(31-23(17)22(10-16)26-3)15-4-5-19-21(9-15)29-12-28-19/h4-5,8-11,18H,6-7,12H2,1-3H3/t18-/m0/s1. The van der Waals surface area contributed by atoms with Crippen LogP contribution in [0, 0.1) is 0 Å². The van der Waals surface area contributed by atoms with E-state index in [4.69, 9.17) is 28.1 Å². The van der Waals surface area contributed by atoms with Crippen molar-refractivity contribution in [3.63, 3.8) is 0 Å². The zero-order valence-corrected chi connectivity index (χ0v) is 17.4. The molecule has 0 unspecified atom stereocenters. The van der Waals surface area contributed by atoms with E-state index in [9.17, 15) is 9.59 Å². The summed E-state index contributed by atoms with van der Waals surface area (Å²) in [6, 6.07) is 11.1. The second kappa shape index (κ2) is 8.59. The summed E-state index contributed by atoms with van der Waals surface area (Å²) in [7, 11) is 1.54. The summed E-state index contributed by atoms with van der Waals surface area (Å²) in [5.41, 5.74) is 2.11. The first-order chi connectivity index (χ1) is 14.9. The molecule has 0 fully saturated rings. The van der Waals surface area contributed by atoms with Crippen LogP contribution in [0.15, 0.2) is 40.8 Å². The quantitative estimate of drug-likeness (QED) is 0.514. The molecule has 0 aliphatic carbocycles. The van der Waals surface area contributed by atoms with Crippen LogP contribution in [0.5, 0.6) is 17.2 Å². The largest absolute Gasteiger partial charge is 0.493 e. The summed E-state index contributed by atoms with van der Waals surface area (Å²) >= 11 is 0. The normalized spacial score (nSPS) is 13.1. The Balaban J connectivity index is 1.70. The Labute approximate surface area is 178 Å². The number of hydrogen-bond donors (Lipinski definition) is 0. The number of methoxy groups -OCH3 is 1. The molecule has 31 heavy (non-hydrogen) atoms. The van der Waals surface area contributed by atoms with Crippen LogP contribution in [0.3, 0.4) is 0 Å². The summed E-state index contributed by atoms with van der Waals surface area (Å²) in [5, 5.41) is 0.784. The lowest BCUT2D eigenvalue weighted by Gasteiger charge is -2.18. The lowest BCUT2D eigenvalue weighted by molar-refractivity contribution is -0.149. The van der Waals surface area contributed by atoms with E-state index in [1.807, 2.05) is 30.3 Å². The van der Waals surface area contributed by atoms with Gasteiger partial charge in [-0.05, 0) is 42.0 Å². The molecule has 1 atom stereocenters. The third-order valence-corrected chi connectivity index (χ3v) is 4.85. The maximum Gasteiger partial charge on any atom is 0.303 e. The number of carbonyl (C=O) groups excluding carboxylic acids is 2. The molecule has 0 N–H and O–H groups in total. The minimum absolute atomic E-state index is 0.126. The van der Waals surface area contributed by atoms with E-state index < -0.39 is 18.0 Å². The number of ether oxygens (including phenoxy) is 5. The third kappa shape index (κ3) is 4.42. The van der Waals surface area contributed by atoms with Gasteiger partial charge >= 0.3 is 11.9 Å². The Morgan fingerprint density at radius 3 is 2.58 bits per heavy atom. The number of carbonyl (C=O) groups is 2. The van der Waals surface area contributed by atoms with E-state index in [0.717, 1.165) is 10.9 Å². The minimum Gasteiger partial charge on any atom is -0.493 e. The molecule has 0 bridgehead atoms. The molecule has 1 aliphatic heterocycles. The van der Waals surface area contributed by atoms with Gasteiger partial charge in [-0.3, -0.25) is 9.59 Å². The number of hydrogen-bond acceptors (Lipinski definition) is 8. The average Bonchev–Trinajstić information content (AvgIpc) is 3.37. The number of benzene rings is 2. The summed E-state index contributed by atoms with van der Waals surface area (Å²) in [5.74, 6) is 1.66. The van der Waals surface area contributed by atoms with Crippen molar-refractivity contribution in [2.45, 2.75) is 26.4 Å². The van der Waals surface area contributed by atoms with Crippen molar-refractivity contribution in [1.82, 2.24) is 0 Å². The van der Waals surface area contributed by atoms with Gasteiger partial charge in [-0.2, -0.15) is 0 Å². The predicted octanol–water partition coefficient (Wildman–Crippen LogP) is 4.39. The number of furan rings is 1. The van der Waals surface area contributed by atoms with Crippen LogP contribution < -0.4 is 14.2 Å². The predicted molar refractivity (Wildman–Crippen MR) is 110 cm³/mol. The number of esters is 2. The van der Waals surface area contributed by atoms with Crippen LogP contribution in [-0.2, 0) is 19.1 Å². The van der Waals surface area contributed by atoms with Crippen LogP contribution in [0.25, 0.3) is 22.3 Å². The molecule has 3 aromatic rings. The van der Waals surface area contributed by atoms with E-state index in [1.54, 1.807) is 13.2 Å². The monoisotopic (exact) mass is 426 g/mol. The highest BCUT2D eigenvalue weighted by molar-refractivity contribution is 5.88. The molecule has 1 aromatic heterocycles. The zero-order valence-electron chi connectivity index (χ0n) is 17.4. The molecule has 0 spiro atoms. The van der Waals surface area contributed by atoms with Gasteiger partial charge in [-0.25, -0.2) is 0 Å². The summed E-state index contributed by atoms with van der Waals surface area (Å²) in [4.78, 5) is 22.7. The Kier molecular flexibility index (Phi) is 5.70. The van der Waals surface area contributed by atoms with Gasteiger partial charge in [0.05, 0.1) is 13.7 Å². The van der Waals surface area contributed by atoms with Crippen LogP contribution >= 0.6 is 0 Å². The highest BCUT2D eigenvalue weighted by atomic mass is 16.7. The molecule has 1 aliphatic rings. The second-order valence-corrected chi connectivity index (χ2v) is 7.05. The molecule has 2 heterocycles. The first-order valence-electron chi connectivity index (χ1n) is 9.76. The van der Waals surface area contributed by atoms with Gasteiger partial charge in [0.15, 0.2) is 22.8 Å². The molecule has 162 valence electrons. The molecule has 2 aromatic carbocycles. The van der Waals surface area contributed by atoms with Gasteiger partial charge in [0.2, 0.25) is 6.79 Å². The van der Waals surface area contributed by atoms with Gasteiger partial charge < -0.3 is 28.1 Å². The molecule has 0 amide bonds. The Hall–Kier alpha value is -3.68. The highest BCUT2D eigenvalue weighted by Crippen LogP contribution is 2.40. The lowest BCUT2D eigenvalue weighted by Crippen LogP contribution is -2.12. The third-order valence-electron chi connectivity index (χ3n) is 4.85. The molecular weight excluding hydrogens is 404 g/mol. The Morgan fingerprint density at radius 2 is 1.84 bits per heavy atom. The minimum atomic E-state index is -0.598. The van der Waals surface area contributed by atoms with Crippen molar-refractivity contribution in [2.75, 3.05) is 20.5 Å². The molecule has 0 radical (unpaired) electrons. The summed E-state index contributed by atoms with van der Waals surface area (Å²) < 4.78 is 32.9. The van der Waals surface area contributed by atoms with Crippen molar-refractivity contribution in [3.8, 4) is 28.6 Å². The van der Waals surface area contributed by atoms with Crippen molar-refractivity contribution in [2.24, 2.45) is 0 Å². The average molecular weight is 426 g/mol. The van der Waals surface area contributed by atoms with Gasteiger partial charge in [0, 0.05) is 31.2 Å². The molecule has 0 saturated heterocycles.